The summed E-state index contributed by atoms with van der Waals surface area (Å²) in [6, 6.07) is 13.3. The average Bonchev–Trinajstić information content (AvgIpc) is 3.42. The first-order chi connectivity index (χ1) is 19.9. The van der Waals surface area contributed by atoms with E-state index in [0.717, 1.165) is 24.9 Å². The Morgan fingerprint density at radius 1 is 1.05 bits per heavy atom. The standard InChI is InChI=1S/C31H42N6O4S/c1-22-8-13-26(19-27(22)42(39,40)37-17-15-35(5)16-18-37)32-30(38)24-7-6-14-36(20-24)21-28-33-29(34-41-28)23-9-11-25(12-10-23)31(2,3)4/h8-13,19,24H,6-7,14-18,20-21H2,1-5H3,(H,32,38). The fourth-order valence-corrected chi connectivity index (χ4v) is 7.20. The molecule has 2 aliphatic rings. The van der Waals surface area contributed by atoms with Gasteiger partial charge in [0.15, 0.2) is 0 Å². The molecule has 5 rings (SSSR count). The number of carbonyl (C=O) groups is 1. The number of nitrogens with one attached hydrogen (secondary N) is 1. The Bertz CT molecular complexity index is 1500. The number of hydrogen-bond acceptors (Lipinski definition) is 8. The molecule has 1 atom stereocenters. The van der Waals surface area contributed by atoms with Crippen LogP contribution in [0.25, 0.3) is 11.4 Å². The van der Waals surface area contributed by atoms with Gasteiger partial charge in [-0.2, -0.15) is 9.29 Å². The lowest BCUT2D eigenvalue weighted by molar-refractivity contribution is -0.121. The average molecular weight is 595 g/mol. The van der Waals surface area contributed by atoms with Crippen molar-refractivity contribution in [2.24, 2.45) is 5.92 Å². The van der Waals surface area contributed by atoms with Crippen molar-refractivity contribution in [3.05, 3.63) is 59.5 Å². The number of carbonyl (C=O) groups excluding carboxylic acids is 1. The third kappa shape index (κ3) is 6.91. The Morgan fingerprint density at radius 2 is 1.76 bits per heavy atom. The van der Waals surface area contributed by atoms with Gasteiger partial charge in [0.05, 0.1) is 17.4 Å². The van der Waals surface area contributed by atoms with Crippen LogP contribution in [0.3, 0.4) is 0 Å². The van der Waals surface area contributed by atoms with Gasteiger partial charge in [-0.05, 0) is 62.0 Å². The van der Waals surface area contributed by atoms with Crippen molar-refractivity contribution >= 4 is 21.6 Å². The van der Waals surface area contributed by atoms with Crippen LogP contribution in [0.15, 0.2) is 51.9 Å². The van der Waals surface area contributed by atoms with Crippen LogP contribution in [0.5, 0.6) is 0 Å². The number of nitrogens with zero attached hydrogens (tertiary/aromatic N) is 5. The number of rotatable bonds is 7. The van der Waals surface area contributed by atoms with Crippen LogP contribution < -0.4 is 5.32 Å². The summed E-state index contributed by atoms with van der Waals surface area (Å²) >= 11 is 0. The summed E-state index contributed by atoms with van der Waals surface area (Å²) in [5.74, 6) is 0.725. The largest absolute Gasteiger partial charge is 0.338 e. The van der Waals surface area contributed by atoms with Gasteiger partial charge < -0.3 is 14.7 Å². The molecule has 11 heteroatoms. The molecule has 2 fully saturated rings. The predicted molar refractivity (Wildman–Crippen MR) is 162 cm³/mol. The number of likely N-dealkylation sites (tertiary alicyclic amines) is 1. The smallest absolute Gasteiger partial charge is 0.243 e. The first kappa shape index (κ1) is 30.3. The highest BCUT2D eigenvalue weighted by Gasteiger charge is 2.30. The van der Waals surface area contributed by atoms with Crippen LogP contribution >= 0.6 is 0 Å². The molecule has 10 nitrogen and oxygen atoms in total. The Labute approximate surface area is 249 Å². The lowest BCUT2D eigenvalue weighted by Gasteiger charge is -2.32. The molecule has 2 saturated heterocycles. The van der Waals surface area contributed by atoms with Crippen molar-refractivity contribution in [2.45, 2.75) is 57.4 Å². The Kier molecular flexibility index (Phi) is 8.84. The summed E-state index contributed by atoms with van der Waals surface area (Å²) < 4.78 is 33.9. The summed E-state index contributed by atoms with van der Waals surface area (Å²) in [6.07, 6.45) is 1.63. The van der Waals surface area contributed by atoms with E-state index in [-0.39, 0.29) is 22.1 Å². The summed E-state index contributed by atoms with van der Waals surface area (Å²) in [5, 5.41) is 7.16. The Hall–Kier alpha value is -3.12. The molecule has 0 saturated carbocycles. The molecule has 0 spiro atoms. The zero-order chi connectivity index (χ0) is 30.1. The number of aryl methyl sites for hydroxylation is 1. The highest BCUT2D eigenvalue weighted by atomic mass is 32.2. The summed E-state index contributed by atoms with van der Waals surface area (Å²) in [4.78, 5) is 22.4. The minimum absolute atomic E-state index is 0.0715. The van der Waals surface area contributed by atoms with Crippen molar-refractivity contribution in [2.75, 3.05) is 51.6 Å². The molecular formula is C31H42N6O4S. The van der Waals surface area contributed by atoms with Crippen molar-refractivity contribution in [1.29, 1.82) is 0 Å². The fraction of sp³-hybridized carbons (Fsp3) is 0.516. The van der Waals surface area contributed by atoms with E-state index in [2.05, 4.69) is 58.2 Å². The van der Waals surface area contributed by atoms with E-state index < -0.39 is 10.0 Å². The molecule has 2 aromatic carbocycles. The van der Waals surface area contributed by atoms with Crippen molar-refractivity contribution < 1.29 is 17.7 Å². The second kappa shape index (κ2) is 12.2. The molecule has 226 valence electrons. The molecule has 1 unspecified atom stereocenters. The highest BCUT2D eigenvalue weighted by molar-refractivity contribution is 7.89. The monoisotopic (exact) mass is 594 g/mol. The van der Waals surface area contributed by atoms with Crippen LogP contribution in [0, 0.1) is 12.8 Å². The summed E-state index contributed by atoms with van der Waals surface area (Å²) in [5.41, 5.74) is 3.38. The SMILES string of the molecule is Cc1ccc(NC(=O)C2CCCN(Cc3nc(-c4ccc(C(C)(C)C)cc4)no3)C2)cc1S(=O)(=O)N1CCN(C)CC1. The van der Waals surface area contributed by atoms with E-state index in [1.165, 1.54) is 9.87 Å². The molecule has 0 radical (unpaired) electrons. The van der Waals surface area contributed by atoms with E-state index in [9.17, 15) is 13.2 Å². The zero-order valence-corrected chi connectivity index (χ0v) is 26.1. The molecule has 1 N–H and O–H groups in total. The first-order valence-corrected chi connectivity index (χ1v) is 16.1. The molecule has 2 aliphatic heterocycles. The maximum absolute atomic E-state index is 13.4. The number of piperazine rings is 1. The summed E-state index contributed by atoms with van der Waals surface area (Å²) in [7, 11) is -1.66. The van der Waals surface area contributed by atoms with Gasteiger partial charge in [-0.3, -0.25) is 9.69 Å². The van der Waals surface area contributed by atoms with Gasteiger partial charge >= 0.3 is 0 Å². The number of benzene rings is 2. The molecule has 3 aromatic rings. The van der Waals surface area contributed by atoms with Gasteiger partial charge in [0.2, 0.25) is 27.6 Å². The van der Waals surface area contributed by atoms with E-state index in [4.69, 9.17) is 4.52 Å². The second-order valence-electron chi connectivity index (χ2n) is 12.6. The fourth-order valence-electron chi connectivity index (χ4n) is 5.53. The summed E-state index contributed by atoms with van der Waals surface area (Å²) in [6.45, 7) is 12.5. The number of amides is 1. The topological polar surface area (TPSA) is 112 Å². The minimum Gasteiger partial charge on any atom is -0.338 e. The van der Waals surface area contributed by atoms with Gasteiger partial charge in [-0.15, -0.1) is 0 Å². The number of likely N-dealkylation sites (N-methyl/N-ethyl adjacent to an activating group) is 1. The number of aromatic nitrogens is 2. The molecule has 1 aromatic heterocycles. The second-order valence-corrected chi connectivity index (χ2v) is 14.5. The van der Waals surface area contributed by atoms with Crippen LogP contribution in [-0.4, -0.2) is 84.9 Å². The quantitative estimate of drug-likeness (QED) is 0.435. The molecule has 3 heterocycles. The third-order valence-electron chi connectivity index (χ3n) is 8.25. The van der Waals surface area contributed by atoms with Crippen molar-refractivity contribution in [3.63, 3.8) is 0 Å². The predicted octanol–water partition coefficient (Wildman–Crippen LogP) is 4.13. The van der Waals surface area contributed by atoms with Crippen molar-refractivity contribution in [1.82, 2.24) is 24.2 Å². The highest BCUT2D eigenvalue weighted by Crippen LogP contribution is 2.27. The van der Waals surface area contributed by atoms with E-state index in [1.807, 2.05) is 19.2 Å². The maximum atomic E-state index is 13.4. The molecule has 0 bridgehead atoms. The van der Waals surface area contributed by atoms with E-state index in [0.29, 0.717) is 62.2 Å². The van der Waals surface area contributed by atoms with Gasteiger partial charge in [0, 0.05) is 44.0 Å². The minimum atomic E-state index is -3.65. The third-order valence-corrected chi connectivity index (χ3v) is 10.3. The van der Waals surface area contributed by atoms with Gasteiger partial charge in [-0.1, -0.05) is 56.3 Å². The Balaban J connectivity index is 1.20. The normalized spacial score (nSPS) is 19.6. The maximum Gasteiger partial charge on any atom is 0.243 e. The van der Waals surface area contributed by atoms with Crippen LogP contribution in [0.2, 0.25) is 0 Å². The van der Waals surface area contributed by atoms with Crippen molar-refractivity contribution in [3.8, 4) is 11.4 Å². The lowest BCUT2D eigenvalue weighted by atomic mass is 9.87. The number of anilines is 1. The van der Waals surface area contributed by atoms with Gasteiger partial charge in [-0.25, -0.2) is 8.42 Å². The number of sulfonamides is 1. The Morgan fingerprint density at radius 3 is 2.45 bits per heavy atom. The van der Waals surface area contributed by atoms with Crippen LogP contribution in [-0.2, 0) is 26.8 Å². The van der Waals surface area contributed by atoms with Crippen LogP contribution in [0.1, 0.15) is 50.6 Å². The first-order valence-electron chi connectivity index (χ1n) is 14.7. The molecule has 1 amide bonds. The van der Waals surface area contributed by atoms with E-state index in [1.54, 1.807) is 25.1 Å². The zero-order valence-electron chi connectivity index (χ0n) is 25.3. The van der Waals surface area contributed by atoms with E-state index >= 15 is 0 Å². The molecule has 42 heavy (non-hydrogen) atoms. The lowest BCUT2D eigenvalue weighted by Crippen LogP contribution is -2.47. The van der Waals surface area contributed by atoms with Crippen LogP contribution in [0.4, 0.5) is 5.69 Å². The van der Waals surface area contributed by atoms with Gasteiger partial charge in [0.25, 0.3) is 0 Å². The number of piperidine rings is 1. The number of hydrogen-bond donors (Lipinski definition) is 1. The molecule has 0 aliphatic carbocycles. The van der Waals surface area contributed by atoms with Gasteiger partial charge in [0.1, 0.15) is 0 Å². The molecular weight excluding hydrogens is 552 g/mol.